The number of carbonyl (C=O) groups is 2. The molecule has 1 aliphatic heterocycles. The summed E-state index contributed by atoms with van der Waals surface area (Å²) >= 11 is 0. The number of ether oxygens (including phenoxy) is 1. The Kier molecular flexibility index (Phi) is 5.93. The topological polar surface area (TPSA) is 102 Å². The first-order valence-electron chi connectivity index (χ1n) is 11.5. The van der Waals surface area contributed by atoms with Crippen LogP contribution in [0.15, 0.2) is 36.4 Å². The van der Waals surface area contributed by atoms with E-state index in [2.05, 4.69) is 20.6 Å². The monoisotopic (exact) mass is 448 g/mol. The predicted molar refractivity (Wildman–Crippen MR) is 121 cm³/mol. The van der Waals surface area contributed by atoms with Crippen molar-refractivity contribution in [1.29, 1.82) is 0 Å². The van der Waals surface area contributed by atoms with E-state index in [1.807, 2.05) is 29.2 Å². The van der Waals surface area contributed by atoms with Crippen LogP contribution in [0.5, 0.6) is 5.88 Å². The van der Waals surface area contributed by atoms with Crippen molar-refractivity contribution in [1.82, 2.24) is 30.0 Å². The van der Waals surface area contributed by atoms with Gasteiger partial charge in [0.15, 0.2) is 11.5 Å². The van der Waals surface area contributed by atoms with Gasteiger partial charge in [-0.05, 0) is 49.3 Å². The highest BCUT2D eigenvalue weighted by molar-refractivity contribution is 5.98. The van der Waals surface area contributed by atoms with E-state index in [1.54, 1.807) is 23.8 Å². The number of aryl methyl sites for hydroxylation is 1. The van der Waals surface area contributed by atoms with Crippen LogP contribution in [-0.4, -0.2) is 56.2 Å². The lowest BCUT2D eigenvalue weighted by Crippen LogP contribution is -2.40. The third-order valence-electron chi connectivity index (χ3n) is 6.67. The van der Waals surface area contributed by atoms with Crippen LogP contribution < -0.4 is 10.1 Å². The van der Waals surface area contributed by atoms with Crippen molar-refractivity contribution in [2.75, 3.05) is 13.7 Å². The first-order chi connectivity index (χ1) is 16.1. The number of amides is 2. The molecular weight excluding hydrogens is 420 g/mol. The molecule has 2 amide bonds. The highest BCUT2D eigenvalue weighted by Gasteiger charge is 2.30. The lowest BCUT2D eigenvalue weighted by molar-refractivity contribution is -0.122. The molecule has 0 saturated heterocycles. The minimum absolute atomic E-state index is 0.0169. The molecule has 33 heavy (non-hydrogen) atoms. The zero-order chi connectivity index (χ0) is 22.8. The van der Waals surface area contributed by atoms with Gasteiger partial charge in [-0.15, -0.1) is 15.3 Å². The molecule has 3 aromatic rings. The van der Waals surface area contributed by atoms with E-state index in [4.69, 9.17) is 4.74 Å². The summed E-state index contributed by atoms with van der Waals surface area (Å²) in [6, 6.07) is 11.6. The number of hydrogen-bond donors (Lipinski definition) is 1. The second-order valence-corrected chi connectivity index (χ2v) is 8.89. The number of benzene rings is 1. The molecule has 1 N–H and O–H groups in total. The number of nitrogens with zero attached hydrogens (tertiary/aromatic N) is 5. The fourth-order valence-corrected chi connectivity index (χ4v) is 4.87. The Hall–Kier alpha value is -3.49. The zero-order valence-corrected chi connectivity index (χ0v) is 18.7. The summed E-state index contributed by atoms with van der Waals surface area (Å²) in [4.78, 5) is 27.1. The Morgan fingerprint density at radius 2 is 1.94 bits per heavy atom. The number of fused-ring (bicyclic) bond motifs is 2. The summed E-state index contributed by atoms with van der Waals surface area (Å²) in [6.45, 7) is 1.51. The van der Waals surface area contributed by atoms with Gasteiger partial charge in [0.25, 0.3) is 5.91 Å². The first-order valence-corrected chi connectivity index (χ1v) is 11.5. The van der Waals surface area contributed by atoms with Crippen molar-refractivity contribution in [2.45, 2.75) is 51.1 Å². The van der Waals surface area contributed by atoms with E-state index in [0.717, 1.165) is 43.4 Å². The van der Waals surface area contributed by atoms with Crippen LogP contribution in [0.3, 0.4) is 0 Å². The summed E-state index contributed by atoms with van der Waals surface area (Å²) in [5.41, 5.74) is 2.59. The number of hydrogen-bond acceptors (Lipinski definition) is 6. The third-order valence-corrected chi connectivity index (χ3v) is 6.67. The van der Waals surface area contributed by atoms with Gasteiger partial charge in [-0.2, -0.15) is 4.52 Å². The smallest absolute Gasteiger partial charge is 0.254 e. The van der Waals surface area contributed by atoms with Crippen molar-refractivity contribution in [3.8, 4) is 5.88 Å². The molecule has 0 bridgehead atoms. The van der Waals surface area contributed by atoms with Crippen molar-refractivity contribution in [3.63, 3.8) is 0 Å². The van der Waals surface area contributed by atoms with Gasteiger partial charge < -0.3 is 15.0 Å². The van der Waals surface area contributed by atoms with Crippen LogP contribution in [-0.2, 0) is 17.8 Å². The van der Waals surface area contributed by atoms with Gasteiger partial charge in [-0.3, -0.25) is 9.59 Å². The Morgan fingerprint density at radius 1 is 1.12 bits per heavy atom. The van der Waals surface area contributed by atoms with Crippen LogP contribution in [0.4, 0.5) is 0 Å². The molecule has 1 aliphatic carbocycles. The lowest BCUT2D eigenvalue weighted by Gasteiger charge is -2.31. The minimum Gasteiger partial charge on any atom is -0.480 e. The SMILES string of the molecule is COc1ccc2nnc(CCC(=O)NC3CCC(CN4Cc5ccccc5C4=O)CC3)n2n1. The van der Waals surface area contributed by atoms with E-state index in [-0.39, 0.29) is 17.9 Å². The van der Waals surface area contributed by atoms with E-state index in [9.17, 15) is 9.59 Å². The molecule has 1 fully saturated rings. The van der Waals surface area contributed by atoms with Gasteiger partial charge in [-0.1, -0.05) is 18.2 Å². The standard InChI is InChI=1S/C24H28N6O3/c1-33-23-13-11-21-27-26-20(30(21)28-23)10-12-22(31)25-18-8-6-16(7-9-18)14-29-15-17-4-2-3-5-19(17)24(29)32/h2-5,11,13,16,18H,6-10,12,14-15H2,1H3,(H,25,31). The average Bonchev–Trinajstić information content (AvgIpc) is 3.39. The molecule has 0 unspecified atom stereocenters. The summed E-state index contributed by atoms with van der Waals surface area (Å²) in [5.74, 6) is 1.76. The number of rotatable bonds is 7. The van der Waals surface area contributed by atoms with E-state index < -0.39 is 0 Å². The fraction of sp³-hybridized carbons (Fsp3) is 0.458. The molecule has 1 aromatic carbocycles. The molecule has 0 atom stereocenters. The second-order valence-electron chi connectivity index (χ2n) is 8.89. The third kappa shape index (κ3) is 4.53. The average molecular weight is 449 g/mol. The molecule has 0 spiro atoms. The van der Waals surface area contributed by atoms with E-state index in [0.29, 0.717) is 42.7 Å². The molecule has 9 heteroatoms. The van der Waals surface area contributed by atoms with Gasteiger partial charge in [0, 0.05) is 43.6 Å². The molecule has 2 aromatic heterocycles. The van der Waals surface area contributed by atoms with Crippen molar-refractivity contribution < 1.29 is 14.3 Å². The van der Waals surface area contributed by atoms with E-state index >= 15 is 0 Å². The molecule has 9 nitrogen and oxygen atoms in total. The number of aromatic nitrogens is 4. The molecule has 1 saturated carbocycles. The van der Waals surface area contributed by atoms with Crippen molar-refractivity contribution in [2.24, 2.45) is 5.92 Å². The molecule has 0 radical (unpaired) electrons. The molecular formula is C24H28N6O3. The number of nitrogens with one attached hydrogen (secondary N) is 1. The second kappa shape index (κ2) is 9.17. The maximum absolute atomic E-state index is 12.6. The molecule has 5 rings (SSSR count). The largest absolute Gasteiger partial charge is 0.480 e. The van der Waals surface area contributed by atoms with Crippen LogP contribution >= 0.6 is 0 Å². The lowest BCUT2D eigenvalue weighted by atomic mass is 9.85. The Balaban J connectivity index is 1.07. The number of methoxy groups -OCH3 is 1. The van der Waals surface area contributed by atoms with Crippen LogP contribution in [0.1, 0.15) is 53.8 Å². The molecule has 3 heterocycles. The maximum atomic E-state index is 12.6. The Labute approximate surface area is 192 Å². The van der Waals surface area contributed by atoms with Gasteiger partial charge in [-0.25, -0.2) is 0 Å². The maximum Gasteiger partial charge on any atom is 0.254 e. The highest BCUT2D eigenvalue weighted by Crippen LogP contribution is 2.29. The van der Waals surface area contributed by atoms with Crippen LogP contribution in [0, 0.1) is 5.92 Å². The number of carbonyl (C=O) groups excluding carboxylic acids is 2. The summed E-state index contributed by atoms with van der Waals surface area (Å²) in [6.07, 6.45) is 4.71. The summed E-state index contributed by atoms with van der Waals surface area (Å²) in [7, 11) is 1.56. The van der Waals surface area contributed by atoms with Gasteiger partial charge in [0.1, 0.15) is 0 Å². The fourth-order valence-electron chi connectivity index (χ4n) is 4.87. The normalized spacial score (nSPS) is 20.2. The van der Waals surface area contributed by atoms with Crippen LogP contribution in [0.2, 0.25) is 0 Å². The quantitative estimate of drug-likeness (QED) is 0.596. The van der Waals surface area contributed by atoms with Gasteiger partial charge in [0.2, 0.25) is 11.8 Å². The Bertz CT molecular complexity index is 1170. The van der Waals surface area contributed by atoms with Crippen molar-refractivity contribution in [3.05, 3.63) is 53.3 Å². The molecule has 172 valence electrons. The summed E-state index contributed by atoms with van der Waals surface area (Å²) in [5, 5.41) is 15.7. The summed E-state index contributed by atoms with van der Waals surface area (Å²) < 4.78 is 6.78. The first kappa shape index (κ1) is 21.4. The highest BCUT2D eigenvalue weighted by atomic mass is 16.5. The van der Waals surface area contributed by atoms with Crippen molar-refractivity contribution >= 4 is 17.5 Å². The molecule has 2 aliphatic rings. The van der Waals surface area contributed by atoms with Crippen LogP contribution in [0.25, 0.3) is 5.65 Å². The van der Waals surface area contributed by atoms with Gasteiger partial charge >= 0.3 is 0 Å². The van der Waals surface area contributed by atoms with E-state index in [1.165, 1.54) is 0 Å². The zero-order valence-electron chi connectivity index (χ0n) is 18.7. The minimum atomic E-state index is 0.0169. The predicted octanol–water partition coefficient (Wildman–Crippen LogP) is 2.40. The Morgan fingerprint density at radius 3 is 2.73 bits per heavy atom. The van der Waals surface area contributed by atoms with Gasteiger partial charge in [0.05, 0.1) is 7.11 Å².